The molecule has 0 aliphatic heterocycles. The van der Waals surface area contributed by atoms with Crippen molar-refractivity contribution in [3.05, 3.63) is 175 Å². The van der Waals surface area contributed by atoms with E-state index in [2.05, 4.69) is 182 Å². The summed E-state index contributed by atoms with van der Waals surface area (Å²) < 4.78 is 2.35. The van der Waals surface area contributed by atoms with Gasteiger partial charge in [0.1, 0.15) is 0 Å². The molecule has 0 fully saturated rings. The Bertz CT molecular complexity index is 1700. The van der Waals surface area contributed by atoms with Crippen molar-refractivity contribution in [2.75, 3.05) is 0 Å². The van der Waals surface area contributed by atoms with Crippen LogP contribution in [0.3, 0.4) is 0 Å². The number of nitrogens with zero attached hydrogens (tertiary/aromatic N) is 2. The standard InChI is InChI=1S/C37H32BN2SSi/c41-28-31-21-23-35(24-22-31)42(33-17-9-3-10-18-33,34-19-11-4-12-20-34)29-40-26-25-39-37(40)38-36(32-15-7-2-8-16-32)27-30-13-5-1-6-14-30/h1-27,41H,28-29H2. The van der Waals surface area contributed by atoms with Gasteiger partial charge < -0.3 is 4.57 Å². The summed E-state index contributed by atoms with van der Waals surface area (Å²) in [5.41, 5.74) is 5.61. The Hall–Kier alpha value is -4.32. The maximum Gasteiger partial charge on any atom is 0.241 e. The summed E-state index contributed by atoms with van der Waals surface area (Å²) in [4.78, 5) is 4.89. The minimum atomic E-state index is -2.54. The maximum absolute atomic E-state index is 4.89. The molecule has 5 heteroatoms. The van der Waals surface area contributed by atoms with Crippen molar-refractivity contribution in [2.24, 2.45) is 0 Å². The van der Waals surface area contributed by atoms with Crippen molar-refractivity contribution in [1.82, 2.24) is 9.55 Å². The van der Waals surface area contributed by atoms with Crippen LogP contribution in [0.1, 0.15) is 16.7 Å². The fraction of sp³-hybridized carbons (Fsp3) is 0.0541. The van der Waals surface area contributed by atoms with Gasteiger partial charge in [0.25, 0.3) is 0 Å². The van der Waals surface area contributed by atoms with Crippen molar-refractivity contribution in [3.63, 3.8) is 0 Å². The normalized spacial score (nSPS) is 11.8. The number of hydrogen-bond acceptors (Lipinski definition) is 2. The predicted molar refractivity (Wildman–Crippen MR) is 185 cm³/mol. The van der Waals surface area contributed by atoms with E-state index in [0.29, 0.717) is 0 Å². The van der Waals surface area contributed by atoms with Gasteiger partial charge in [-0.25, -0.2) is 0 Å². The fourth-order valence-corrected chi connectivity index (χ4v) is 10.5. The van der Waals surface area contributed by atoms with Crippen molar-refractivity contribution < 1.29 is 0 Å². The van der Waals surface area contributed by atoms with Crippen molar-refractivity contribution in [3.8, 4) is 0 Å². The van der Waals surface area contributed by atoms with E-state index in [4.69, 9.17) is 4.98 Å². The summed E-state index contributed by atoms with van der Waals surface area (Å²) in [5.74, 6) is 0.724. The lowest BCUT2D eigenvalue weighted by atomic mass is 9.65. The van der Waals surface area contributed by atoms with Gasteiger partial charge in [-0.05, 0) is 32.3 Å². The number of rotatable bonds is 10. The Morgan fingerprint density at radius 2 is 1.19 bits per heavy atom. The van der Waals surface area contributed by atoms with Crippen molar-refractivity contribution in [2.45, 2.75) is 11.9 Å². The van der Waals surface area contributed by atoms with E-state index in [1.807, 2.05) is 6.20 Å². The summed E-state index contributed by atoms with van der Waals surface area (Å²) >= 11 is 4.53. The molecule has 1 radical (unpaired) electrons. The first-order valence-electron chi connectivity index (χ1n) is 14.3. The average Bonchev–Trinajstić information content (AvgIpc) is 3.51. The van der Waals surface area contributed by atoms with E-state index in [-0.39, 0.29) is 0 Å². The Kier molecular flexibility index (Phi) is 8.69. The van der Waals surface area contributed by atoms with Gasteiger partial charge in [-0.15, -0.1) is 0 Å². The van der Waals surface area contributed by atoms with Crippen LogP contribution in [0.25, 0.3) is 11.5 Å². The third kappa shape index (κ3) is 5.99. The molecule has 0 saturated heterocycles. The molecule has 42 heavy (non-hydrogen) atoms. The first kappa shape index (κ1) is 27.8. The van der Waals surface area contributed by atoms with E-state index in [9.17, 15) is 0 Å². The van der Waals surface area contributed by atoms with Crippen molar-refractivity contribution >= 4 is 60.8 Å². The zero-order valence-electron chi connectivity index (χ0n) is 23.4. The molecule has 203 valence electrons. The molecule has 0 aliphatic carbocycles. The van der Waals surface area contributed by atoms with Crippen LogP contribution in [-0.4, -0.2) is 24.9 Å². The molecule has 0 N–H and O–H groups in total. The minimum Gasteiger partial charge on any atom is -0.345 e. The molecule has 0 spiro atoms. The van der Waals surface area contributed by atoms with Crippen LogP contribution in [0, 0.1) is 0 Å². The topological polar surface area (TPSA) is 17.8 Å². The number of hydrogen-bond donors (Lipinski definition) is 1. The van der Waals surface area contributed by atoms with E-state index < -0.39 is 8.07 Å². The summed E-state index contributed by atoms with van der Waals surface area (Å²) in [5, 5.41) is 4.11. The zero-order valence-corrected chi connectivity index (χ0v) is 25.3. The van der Waals surface area contributed by atoms with Gasteiger partial charge in [0, 0.05) is 24.3 Å². The number of benzene rings is 5. The Morgan fingerprint density at radius 3 is 1.76 bits per heavy atom. The third-order valence-corrected chi connectivity index (χ3v) is 13.0. The van der Waals surface area contributed by atoms with Crippen LogP contribution in [0.2, 0.25) is 0 Å². The van der Waals surface area contributed by atoms with Crippen LogP contribution in [0.5, 0.6) is 0 Å². The second kappa shape index (κ2) is 13.1. The Labute approximate surface area is 256 Å². The highest BCUT2D eigenvalue weighted by atomic mass is 32.1. The Morgan fingerprint density at radius 1 is 0.667 bits per heavy atom. The molecule has 2 nitrogen and oxygen atoms in total. The number of aromatic nitrogens is 2. The third-order valence-electron chi connectivity index (χ3n) is 7.83. The first-order valence-corrected chi connectivity index (χ1v) is 17.1. The van der Waals surface area contributed by atoms with Crippen molar-refractivity contribution in [1.29, 1.82) is 0 Å². The highest BCUT2D eigenvalue weighted by Gasteiger charge is 2.40. The van der Waals surface area contributed by atoms with Crippen LogP contribution in [-0.2, 0) is 11.9 Å². The molecule has 6 rings (SSSR count). The number of thiol groups is 1. The maximum atomic E-state index is 4.89. The second-order valence-corrected chi connectivity index (χ2v) is 14.6. The molecular formula is C37H32BN2SSi. The van der Waals surface area contributed by atoms with E-state index in [1.54, 1.807) is 0 Å². The van der Waals surface area contributed by atoms with Gasteiger partial charge in [0.2, 0.25) is 7.28 Å². The predicted octanol–water partition coefficient (Wildman–Crippen LogP) is 5.55. The molecule has 6 aromatic rings. The molecule has 0 saturated carbocycles. The minimum absolute atomic E-state index is 0.724. The molecule has 5 aromatic carbocycles. The zero-order chi connectivity index (χ0) is 28.6. The molecule has 0 unspecified atom stereocenters. The second-order valence-electron chi connectivity index (χ2n) is 10.4. The van der Waals surface area contributed by atoms with E-state index in [0.717, 1.165) is 34.2 Å². The molecule has 0 atom stereocenters. The van der Waals surface area contributed by atoms with Gasteiger partial charge >= 0.3 is 0 Å². The molecule has 0 aliphatic rings. The van der Waals surface area contributed by atoms with Gasteiger partial charge in [-0.2, -0.15) is 12.6 Å². The first-order chi connectivity index (χ1) is 20.8. The summed E-state index contributed by atoms with van der Waals surface area (Å²) in [6, 6.07) is 52.2. The average molecular weight is 576 g/mol. The lowest BCUT2D eigenvalue weighted by molar-refractivity contribution is 0.893. The van der Waals surface area contributed by atoms with Crippen LogP contribution in [0.15, 0.2) is 158 Å². The fourth-order valence-electron chi connectivity index (χ4n) is 5.67. The lowest BCUT2D eigenvalue weighted by Crippen LogP contribution is -2.70. The van der Waals surface area contributed by atoms with E-state index >= 15 is 0 Å². The number of imidazole rings is 1. The van der Waals surface area contributed by atoms with Gasteiger partial charge in [-0.3, -0.25) is 4.98 Å². The van der Waals surface area contributed by atoms with Crippen LogP contribution in [0.4, 0.5) is 0 Å². The van der Waals surface area contributed by atoms with Gasteiger partial charge in [0.05, 0.1) is 5.72 Å². The Balaban J connectivity index is 1.48. The monoisotopic (exact) mass is 575 g/mol. The van der Waals surface area contributed by atoms with Crippen LogP contribution >= 0.6 is 12.6 Å². The van der Waals surface area contributed by atoms with Gasteiger partial charge in [-0.1, -0.05) is 157 Å². The summed E-state index contributed by atoms with van der Waals surface area (Å²) in [6.07, 6.45) is 7.12. The summed E-state index contributed by atoms with van der Waals surface area (Å²) in [7, 11) is -0.318. The molecule has 1 aromatic heterocycles. The SMILES string of the molecule is SCc1ccc([Si](Cn2ccnc2[B]C(=Cc2ccccc2)c2ccccc2)(c2ccccc2)c2ccccc2)cc1. The molecule has 1 heterocycles. The van der Waals surface area contributed by atoms with E-state index in [1.165, 1.54) is 21.1 Å². The van der Waals surface area contributed by atoms with Crippen LogP contribution < -0.4 is 21.3 Å². The quantitative estimate of drug-likeness (QED) is 0.0982. The summed E-state index contributed by atoms with van der Waals surface area (Å²) in [6.45, 7) is 0. The highest BCUT2D eigenvalue weighted by Crippen LogP contribution is 2.18. The lowest BCUT2D eigenvalue weighted by Gasteiger charge is -2.35. The largest absolute Gasteiger partial charge is 0.345 e. The molecule has 0 amide bonds. The molecular weight excluding hydrogens is 543 g/mol. The molecule has 0 bridgehead atoms. The van der Waals surface area contributed by atoms with Gasteiger partial charge in [0.15, 0.2) is 8.07 Å². The smallest absolute Gasteiger partial charge is 0.241 e. The highest BCUT2D eigenvalue weighted by molar-refractivity contribution is 7.79.